The van der Waals surface area contributed by atoms with Gasteiger partial charge in [-0.25, -0.2) is 9.97 Å². The van der Waals surface area contributed by atoms with Crippen LogP contribution in [-0.4, -0.2) is 28.5 Å². The van der Waals surface area contributed by atoms with Gasteiger partial charge >= 0.3 is 0 Å². The van der Waals surface area contributed by atoms with E-state index in [1.54, 1.807) is 11.3 Å². The Labute approximate surface area is 117 Å². The first kappa shape index (κ1) is 12.6. The van der Waals surface area contributed by atoms with E-state index in [9.17, 15) is 0 Å². The van der Waals surface area contributed by atoms with Crippen LogP contribution < -0.4 is 5.32 Å². The van der Waals surface area contributed by atoms with E-state index in [2.05, 4.69) is 32.3 Å². The molecule has 2 aromatic heterocycles. The molecule has 5 heteroatoms. The van der Waals surface area contributed by atoms with Crippen LogP contribution in [0.1, 0.15) is 29.5 Å². The lowest BCUT2D eigenvalue weighted by Gasteiger charge is -2.24. The summed E-state index contributed by atoms with van der Waals surface area (Å²) in [4.78, 5) is 11.2. The Morgan fingerprint density at radius 1 is 1.42 bits per heavy atom. The highest BCUT2D eigenvalue weighted by Gasteiger charge is 2.26. The summed E-state index contributed by atoms with van der Waals surface area (Å²) in [5.74, 6) is 0.943. The van der Waals surface area contributed by atoms with Crippen molar-refractivity contribution in [2.75, 3.05) is 18.9 Å². The van der Waals surface area contributed by atoms with Crippen molar-refractivity contribution in [2.24, 2.45) is 0 Å². The second-order valence-corrected chi connectivity index (χ2v) is 5.76. The molecule has 0 amide bonds. The molecule has 100 valence electrons. The van der Waals surface area contributed by atoms with Crippen LogP contribution in [0.5, 0.6) is 0 Å². The summed E-state index contributed by atoms with van der Waals surface area (Å²) >= 11 is 1.74. The molecule has 19 heavy (non-hydrogen) atoms. The van der Waals surface area contributed by atoms with Crippen LogP contribution in [0.2, 0.25) is 0 Å². The molecular formula is C14H18N4S. The van der Waals surface area contributed by atoms with Gasteiger partial charge in [0.1, 0.15) is 10.8 Å². The maximum atomic E-state index is 4.39. The highest BCUT2D eigenvalue weighted by atomic mass is 32.1. The maximum Gasteiger partial charge on any atom is 0.125 e. The van der Waals surface area contributed by atoms with Gasteiger partial charge in [-0.15, -0.1) is 11.3 Å². The maximum absolute atomic E-state index is 4.39. The minimum atomic E-state index is 0.499. The summed E-state index contributed by atoms with van der Waals surface area (Å²) < 4.78 is 0. The number of aromatic nitrogens is 2. The zero-order chi connectivity index (χ0) is 13.1. The quantitative estimate of drug-likeness (QED) is 0.930. The summed E-state index contributed by atoms with van der Waals surface area (Å²) in [7, 11) is 1.91. The van der Waals surface area contributed by atoms with Crippen molar-refractivity contribution in [1.29, 1.82) is 0 Å². The van der Waals surface area contributed by atoms with E-state index in [0.29, 0.717) is 6.04 Å². The van der Waals surface area contributed by atoms with Gasteiger partial charge in [0.05, 0.1) is 6.54 Å². The molecule has 1 saturated heterocycles. The zero-order valence-corrected chi connectivity index (χ0v) is 11.9. The fraction of sp³-hybridized carbons (Fsp3) is 0.429. The van der Waals surface area contributed by atoms with Gasteiger partial charge in [-0.3, -0.25) is 4.90 Å². The van der Waals surface area contributed by atoms with Gasteiger partial charge in [0, 0.05) is 30.9 Å². The van der Waals surface area contributed by atoms with Gasteiger partial charge in [0.15, 0.2) is 0 Å². The monoisotopic (exact) mass is 274 g/mol. The Balaban J connectivity index is 1.78. The molecule has 1 aliphatic heterocycles. The van der Waals surface area contributed by atoms with Gasteiger partial charge in [-0.1, -0.05) is 0 Å². The molecule has 1 aliphatic rings. The van der Waals surface area contributed by atoms with Gasteiger partial charge < -0.3 is 5.32 Å². The minimum Gasteiger partial charge on any atom is -0.373 e. The molecule has 0 aliphatic carbocycles. The molecule has 4 nitrogen and oxygen atoms in total. The van der Waals surface area contributed by atoms with Crippen molar-refractivity contribution in [2.45, 2.75) is 25.4 Å². The molecule has 2 aromatic rings. The number of pyridine rings is 1. The Bertz CT molecular complexity index is 526. The summed E-state index contributed by atoms with van der Waals surface area (Å²) in [5, 5.41) is 6.36. The third-order valence-electron chi connectivity index (χ3n) is 3.61. The Morgan fingerprint density at radius 3 is 3.16 bits per heavy atom. The molecule has 0 unspecified atom stereocenters. The second kappa shape index (κ2) is 5.67. The average Bonchev–Trinajstić information content (AvgIpc) is 3.11. The fourth-order valence-corrected chi connectivity index (χ4v) is 3.33. The molecule has 0 saturated carbocycles. The van der Waals surface area contributed by atoms with Crippen molar-refractivity contribution in [3.05, 3.63) is 40.5 Å². The number of nitrogens with zero attached hydrogens (tertiary/aromatic N) is 3. The van der Waals surface area contributed by atoms with Crippen LogP contribution in [0.3, 0.4) is 0 Å². The normalized spacial score (nSPS) is 19.7. The topological polar surface area (TPSA) is 41.0 Å². The smallest absolute Gasteiger partial charge is 0.125 e. The number of rotatable bonds is 4. The SMILES string of the molecule is CNc1cc([C@@H]2CCCN2Cc2nccs2)ccn1. The van der Waals surface area contributed by atoms with Crippen molar-refractivity contribution < 1.29 is 0 Å². The number of hydrogen-bond acceptors (Lipinski definition) is 5. The molecule has 0 radical (unpaired) electrons. The number of likely N-dealkylation sites (tertiary alicyclic amines) is 1. The molecule has 1 fully saturated rings. The zero-order valence-electron chi connectivity index (χ0n) is 11.0. The van der Waals surface area contributed by atoms with Gasteiger partial charge in [0.25, 0.3) is 0 Å². The van der Waals surface area contributed by atoms with E-state index in [4.69, 9.17) is 0 Å². The first-order chi connectivity index (χ1) is 9.36. The largest absolute Gasteiger partial charge is 0.373 e. The van der Waals surface area contributed by atoms with Crippen molar-refractivity contribution >= 4 is 17.2 Å². The molecule has 3 rings (SSSR count). The predicted octanol–water partition coefficient (Wildman–Crippen LogP) is 2.92. The van der Waals surface area contributed by atoms with E-state index in [0.717, 1.165) is 18.9 Å². The molecule has 1 atom stereocenters. The summed E-state index contributed by atoms with van der Waals surface area (Å²) in [6.07, 6.45) is 6.25. The standard InChI is InChI=1S/C14H18N4S/c1-15-13-9-11(4-5-16-13)12-3-2-7-18(12)10-14-17-6-8-19-14/h4-6,8-9,12H,2-3,7,10H2,1H3,(H,15,16)/t12-/m0/s1. The number of nitrogens with one attached hydrogen (secondary N) is 1. The van der Waals surface area contributed by atoms with Gasteiger partial charge in [0.2, 0.25) is 0 Å². The Kier molecular flexibility index (Phi) is 3.75. The Morgan fingerprint density at radius 2 is 2.37 bits per heavy atom. The van der Waals surface area contributed by atoms with E-state index in [1.807, 2.05) is 24.8 Å². The van der Waals surface area contributed by atoms with Crippen LogP contribution >= 0.6 is 11.3 Å². The first-order valence-electron chi connectivity index (χ1n) is 6.63. The lowest BCUT2D eigenvalue weighted by atomic mass is 10.1. The Hall–Kier alpha value is -1.46. The van der Waals surface area contributed by atoms with Crippen molar-refractivity contribution in [3.8, 4) is 0 Å². The number of thiazole rings is 1. The van der Waals surface area contributed by atoms with E-state index in [-0.39, 0.29) is 0 Å². The third kappa shape index (κ3) is 2.77. The highest BCUT2D eigenvalue weighted by molar-refractivity contribution is 7.09. The minimum absolute atomic E-state index is 0.499. The van der Waals surface area contributed by atoms with Crippen LogP contribution in [-0.2, 0) is 6.54 Å². The first-order valence-corrected chi connectivity index (χ1v) is 7.51. The second-order valence-electron chi connectivity index (χ2n) is 4.78. The summed E-state index contributed by atoms with van der Waals surface area (Å²) in [5.41, 5.74) is 1.36. The predicted molar refractivity (Wildman–Crippen MR) is 78.3 cm³/mol. The summed E-state index contributed by atoms with van der Waals surface area (Å²) in [6.45, 7) is 2.11. The van der Waals surface area contributed by atoms with E-state index < -0.39 is 0 Å². The molecule has 0 bridgehead atoms. The average molecular weight is 274 g/mol. The lowest BCUT2D eigenvalue weighted by molar-refractivity contribution is 0.248. The number of anilines is 1. The molecule has 0 spiro atoms. The molecule has 1 N–H and O–H groups in total. The molecule has 0 aromatic carbocycles. The lowest BCUT2D eigenvalue weighted by Crippen LogP contribution is -2.22. The molecule has 3 heterocycles. The van der Waals surface area contributed by atoms with Crippen LogP contribution in [0.15, 0.2) is 29.9 Å². The fourth-order valence-electron chi connectivity index (χ4n) is 2.69. The van der Waals surface area contributed by atoms with Crippen molar-refractivity contribution in [3.63, 3.8) is 0 Å². The van der Waals surface area contributed by atoms with Crippen LogP contribution in [0, 0.1) is 0 Å². The van der Waals surface area contributed by atoms with Crippen LogP contribution in [0.25, 0.3) is 0 Å². The highest BCUT2D eigenvalue weighted by Crippen LogP contribution is 2.33. The van der Waals surface area contributed by atoms with E-state index >= 15 is 0 Å². The number of hydrogen-bond donors (Lipinski definition) is 1. The van der Waals surface area contributed by atoms with E-state index in [1.165, 1.54) is 23.4 Å². The van der Waals surface area contributed by atoms with Crippen LogP contribution in [0.4, 0.5) is 5.82 Å². The van der Waals surface area contributed by atoms with Gasteiger partial charge in [-0.2, -0.15) is 0 Å². The summed E-state index contributed by atoms with van der Waals surface area (Å²) in [6, 6.07) is 4.79. The molecular weight excluding hydrogens is 256 g/mol. The third-order valence-corrected chi connectivity index (χ3v) is 4.37. The van der Waals surface area contributed by atoms with Crippen molar-refractivity contribution in [1.82, 2.24) is 14.9 Å². The van der Waals surface area contributed by atoms with Gasteiger partial charge in [-0.05, 0) is 37.1 Å².